The Labute approximate surface area is 134 Å². The fourth-order valence-corrected chi connectivity index (χ4v) is 3.31. The predicted octanol–water partition coefficient (Wildman–Crippen LogP) is 3.49. The zero-order valence-corrected chi connectivity index (χ0v) is 14.8. The van der Waals surface area contributed by atoms with E-state index in [-0.39, 0.29) is 17.1 Å². The normalized spacial score (nSPS) is 20.2. The lowest BCUT2D eigenvalue weighted by atomic mass is 9.98. The van der Waals surface area contributed by atoms with Crippen molar-refractivity contribution in [1.29, 1.82) is 0 Å². The van der Waals surface area contributed by atoms with Gasteiger partial charge in [0.15, 0.2) is 0 Å². The van der Waals surface area contributed by atoms with Gasteiger partial charge in [-0.2, -0.15) is 0 Å². The summed E-state index contributed by atoms with van der Waals surface area (Å²) in [4.78, 5) is 14.7. The van der Waals surface area contributed by atoms with Crippen molar-refractivity contribution in [1.82, 2.24) is 4.90 Å². The molecule has 1 amide bonds. The van der Waals surface area contributed by atoms with Crippen molar-refractivity contribution in [3.63, 3.8) is 0 Å². The smallest absolute Gasteiger partial charge is 0.255 e. The maximum Gasteiger partial charge on any atom is 0.255 e. The second-order valence-corrected chi connectivity index (χ2v) is 7.48. The Morgan fingerprint density at radius 2 is 1.81 bits per heavy atom. The Balaban J connectivity index is 2.31. The molecular weight excluding hydrogens is 334 g/mol. The van der Waals surface area contributed by atoms with E-state index in [0.29, 0.717) is 24.4 Å². The van der Waals surface area contributed by atoms with Crippen molar-refractivity contribution < 1.29 is 14.3 Å². The number of carbonyl (C=O) groups excluding carboxylic acids is 1. The fourth-order valence-electron chi connectivity index (χ4n) is 2.90. The lowest BCUT2D eigenvalue weighted by molar-refractivity contribution is -0.171. The number of hydrogen-bond donors (Lipinski definition) is 0. The minimum atomic E-state index is -0.358. The molecule has 0 atom stereocenters. The Morgan fingerprint density at radius 3 is 2.33 bits per heavy atom. The van der Waals surface area contributed by atoms with Gasteiger partial charge in [-0.05, 0) is 61.8 Å². The summed E-state index contributed by atoms with van der Waals surface area (Å²) in [5, 5.41) is 0. The van der Waals surface area contributed by atoms with Crippen molar-refractivity contribution in [2.24, 2.45) is 0 Å². The standard InChI is InChI=1S/C16H22BrNO3/c1-15(2)9-18(10-16(3,4)21-15)14(19)12-8-11(20-5)6-7-13(12)17/h6-8H,9-10H2,1-5H3. The molecule has 0 aromatic heterocycles. The first-order valence-corrected chi connectivity index (χ1v) is 7.76. The lowest BCUT2D eigenvalue weighted by Crippen LogP contribution is -2.58. The topological polar surface area (TPSA) is 38.8 Å². The van der Waals surface area contributed by atoms with Gasteiger partial charge in [0.1, 0.15) is 5.75 Å². The van der Waals surface area contributed by atoms with Crippen molar-refractivity contribution in [3.05, 3.63) is 28.2 Å². The van der Waals surface area contributed by atoms with Crippen LogP contribution in [0.2, 0.25) is 0 Å². The highest BCUT2D eigenvalue weighted by Gasteiger charge is 2.40. The summed E-state index contributed by atoms with van der Waals surface area (Å²) in [7, 11) is 1.60. The molecule has 2 rings (SSSR count). The average Bonchev–Trinajstić information content (AvgIpc) is 2.35. The van der Waals surface area contributed by atoms with Crippen molar-refractivity contribution >= 4 is 21.8 Å². The Morgan fingerprint density at radius 1 is 1.24 bits per heavy atom. The summed E-state index contributed by atoms with van der Waals surface area (Å²) in [6, 6.07) is 5.43. The highest BCUT2D eigenvalue weighted by atomic mass is 79.9. The number of benzene rings is 1. The van der Waals surface area contributed by atoms with Crippen molar-refractivity contribution in [2.75, 3.05) is 20.2 Å². The molecule has 21 heavy (non-hydrogen) atoms. The number of rotatable bonds is 2. The van der Waals surface area contributed by atoms with Crippen LogP contribution >= 0.6 is 15.9 Å². The summed E-state index contributed by atoms with van der Waals surface area (Å²) >= 11 is 3.45. The first kappa shape index (κ1) is 16.3. The minimum Gasteiger partial charge on any atom is -0.497 e. The Kier molecular flexibility index (Phi) is 4.36. The average molecular weight is 356 g/mol. The number of morpholine rings is 1. The number of hydrogen-bond acceptors (Lipinski definition) is 3. The van der Waals surface area contributed by atoms with Crippen LogP contribution in [0.5, 0.6) is 5.75 Å². The highest BCUT2D eigenvalue weighted by Crippen LogP contribution is 2.31. The van der Waals surface area contributed by atoms with E-state index in [1.165, 1.54) is 0 Å². The van der Waals surface area contributed by atoms with Crippen molar-refractivity contribution in [3.8, 4) is 5.75 Å². The van der Waals surface area contributed by atoms with Crippen LogP contribution < -0.4 is 4.74 Å². The second-order valence-electron chi connectivity index (χ2n) is 6.63. The molecule has 0 aliphatic carbocycles. The van der Waals surface area contributed by atoms with Gasteiger partial charge in [0, 0.05) is 17.6 Å². The number of carbonyl (C=O) groups is 1. The molecule has 0 bridgehead atoms. The van der Waals surface area contributed by atoms with Gasteiger partial charge in [-0.25, -0.2) is 0 Å². The summed E-state index contributed by atoms with van der Waals surface area (Å²) < 4.78 is 12.0. The zero-order chi connectivity index (χ0) is 15.8. The number of nitrogens with zero attached hydrogens (tertiary/aromatic N) is 1. The maximum absolute atomic E-state index is 12.8. The van der Waals surface area contributed by atoms with E-state index in [2.05, 4.69) is 15.9 Å². The van der Waals surface area contributed by atoms with Crippen LogP contribution in [-0.2, 0) is 4.74 Å². The number of ether oxygens (including phenoxy) is 2. The molecule has 1 aromatic carbocycles. The van der Waals surface area contributed by atoms with Gasteiger partial charge < -0.3 is 14.4 Å². The highest BCUT2D eigenvalue weighted by molar-refractivity contribution is 9.10. The molecule has 1 saturated heterocycles. The molecule has 1 aromatic rings. The molecule has 5 heteroatoms. The number of amides is 1. The molecule has 4 nitrogen and oxygen atoms in total. The molecule has 116 valence electrons. The summed E-state index contributed by atoms with van der Waals surface area (Å²) in [5.74, 6) is 0.665. The van der Waals surface area contributed by atoms with E-state index in [4.69, 9.17) is 9.47 Å². The third-order valence-electron chi connectivity index (χ3n) is 3.39. The van der Waals surface area contributed by atoms with Crippen LogP contribution in [0.1, 0.15) is 38.1 Å². The van der Waals surface area contributed by atoms with Gasteiger partial charge in [0.25, 0.3) is 5.91 Å². The summed E-state index contributed by atoms with van der Waals surface area (Å²) in [6.07, 6.45) is 0. The SMILES string of the molecule is COc1ccc(Br)c(C(=O)N2CC(C)(C)OC(C)(C)C2)c1. The first-order chi connectivity index (χ1) is 9.63. The van der Waals surface area contributed by atoms with E-state index in [9.17, 15) is 4.79 Å². The minimum absolute atomic E-state index is 0.00905. The number of methoxy groups -OCH3 is 1. The van der Waals surface area contributed by atoms with E-state index in [1.807, 2.05) is 44.7 Å². The lowest BCUT2D eigenvalue weighted by Gasteiger charge is -2.47. The van der Waals surface area contributed by atoms with Crippen LogP contribution in [-0.4, -0.2) is 42.2 Å². The van der Waals surface area contributed by atoms with E-state index >= 15 is 0 Å². The van der Waals surface area contributed by atoms with Crippen LogP contribution in [0, 0.1) is 0 Å². The molecule has 1 aliphatic heterocycles. The maximum atomic E-state index is 12.8. The molecule has 0 unspecified atom stereocenters. The molecular formula is C16H22BrNO3. The Bertz CT molecular complexity index is 538. The molecule has 1 aliphatic rings. The van der Waals surface area contributed by atoms with Crippen LogP contribution in [0.4, 0.5) is 0 Å². The third-order valence-corrected chi connectivity index (χ3v) is 4.08. The van der Waals surface area contributed by atoms with Gasteiger partial charge >= 0.3 is 0 Å². The van der Waals surface area contributed by atoms with Crippen LogP contribution in [0.3, 0.4) is 0 Å². The molecule has 0 N–H and O–H groups in total. The molecule has 0 radical (unpaired) electrons. The summed E-state index contributed by atoms with van der Waals surface area (Å²) in [5.41, 5.74) is -0.103. The second kappa shape index (κ2) is 5.61. The van der Waals surface area contributed by atoms with Gasteiger partial charge in [-0.1, -0.05) is 0 Å². The molecule has 1 heterocycles. The largest absolute Gasteiger partial charge is 0.497 e. The summed E-state index contributed by atoms with van der Waals surface area (Å²) in [6.45, 7) is 9.17. The Hall–Kier alpha value is -1.07. The molecule has 0 spiro atoms. The van der Waals surface area contributed by atoms with Gasteiger partial charge in [-0.15, -0.1) is 0 Å². The van der Waals surface area contributed by atoms with E-state index in [0.717, 1.165) is 4.47 Å². The first-order valence-electron chi connectivity index (χ1n) is 6.96. The quantitative estimate of drug-likeness (QED) is 0.814. The third kappa shape index (κ3) is 3.77. The monoisotopic (exact) mass is 355 g/mol. The van der Waals surface area contributed by atoms with Crippen molar-refractivity contribution in [2.45, 2.75) is 38.9 Å². The number of halogens is 1. The fraction of sp³-hybridized carbons (Fsp3) is 0.562. The van der Waals surface area contributed by atoms with Gasteiger partial charge in [0.2, 0.25) is 0 Å². The van der Waals surface area contributed by atoms with Gasteiger partial charge in [0.05, 0.1) is 23.9 Å². The van der Waals surface area contributed by atoms with E-state index < -0.39 is 0 Å². The predicted molar refractivity (Wildman–Crippen MR) is 85.8 cm³/mol. The van der Waals surface area contributed by atoms with Crippen LogP contribution in [0.25, 0.3) is 0 Å². The van der Waals surface area contributed by atoms with Gasteiger partial charge in [-0.3, -0.25) is 4.79 Å². The molecule has 1 fully saturated rings. The van der Waals surface area contributed by atoms with Crippen LogP contribution in [0.15, 0.2) is 22.7 Å². The zero-order valence-electron chi connectivity index (χ0n) is 13.2. The molecule has 0 saturated carbocycles. The van der Waals surface area contributed by atoms with E-state index in [1.54, 1.807) is 13.2 Å².